The molecular weight excluding hydrogens is 228 g/mol. The molecule has 0 bridgehead atoms. The summed E-state index contributed by atoms with van der Waals surface area (Å²) >= 11 is 3.13. The van der Waals surface area contributed by atoms with E-state index in [9.17, 15) is 4.79 Å². The largest absolute Gasteiger partial charge is 0.478 e. The van der Waals surface area contributed by atoms with Crippen molar-refractivity contribution in [2.24, 2.45) is 0 Å². The molecule has 15 heavy (non-hydrogen) atoms. The Morgan fingerprint density at radius 3 is 2.73 bits per heavy atom. The first-order valence-corrected chi connectivity index (χ1v) is 6.45. The number of aromatic carboxylic acids is 1. The highest BCUT2D eigenvalue weighted by Crippen LogP contribution is 2.18. The molecule has 0 aliphatic carbocycles. The second-order valence-corrected chi connectivity index (χ2v) is 4.77. The topological polar surface area (TPSA) is 37.3 Å². The molecule has 0 aliphatic heterocycles. The Kier molecular flexibility index (Phi) is 3.18. The molecule has 2 aromatic rings. The van der Waals surface area contributed by atoms with Gasteiger partial charge in [-0.25, -0.2) is 4.79 Å². The molecule has 2 rings (SSSR count). The molecule has 2 heterocycles. The van der Waals surface area contributed by atoms with E-state index in [0.717, 1.165) is 18.4 Å². The van der Waals surface area contributed by atoms with Gasteiger partial charge in [0.05, 0.1) is 5.56 Å². The molecule has 2 nitrogen and oxygen atoms in total. The monoisotopic (exact) mass is 238 g/mol. The van der Waals surface area contributed by atoms with Crippen molar-refractivity contribution >= 4 is 28.6 Å². The van der Waals surface area contributed by atoms with Crippen LogP contribution in [0.3, 0.4) is 0 Å². The summed E-state index contributed by atoms with van der Waals surface area (Å²) in [5, 5.41) is 16.7. The Morgan fingerprint density at radius 1 is 1.20 bits per heavy atom. The molecule has 0 atom stereocenters. The molecule has 4 heteroatoms. The summed E-state index contributed by atoms with van der Waals surface area (Å²) < 4.78 is 0. The zero-order chi connectivity index (χ0) is 10.7. The lowest BCUT2D eigenvalue weighted by atomic mass is 10.1. The van der Waals surface area contributed by atoms with Crippen LogP contribution in [-0.4, -0.2) is 11.1 Å². The van der Waals surface area contributed by atoms with E-state index in [-0.39, 0.29) is 0 Å². The molecule has 0 amide bonds. The van der Waals surface area contributed by atoms with Crippen molar-refractivity contribution in [3.8, 4) is 0 Å². The lowest BCUT2D eigenvalue weighted by molar-refractivity contribution is 0.0696. The second kappa shape index (κ2) is 4.59. The van der Waals surface area contributed by atoms with Crippen molar-refractivity contribution in [3.05, 3.63) is 44.3 Å². The zero-order valence-corrected chi connectivity index (χ0v) is 9.61. The molecule has 0 unspecified atom stereocenters. The standard InChI is InChI=1S/C11H10O2S2/c12-11(13)10-7-15-6-9(10)2-1-8-3-4-14-5-8/h3-7H,1-2H2,(H,12,13). The molecule has 0 aromatic carbocycles. The van der Waals surface area contributed by atoms with Gasteiger partial charge in [0.25, 0.3) is 0 Å². The van der Waals surface area contributed by atoms with Crippen LogP contribution in [0.2, 0.25) is 0 Å². The quantitative estimate of drug-likeness (QED) is 0.887. The summed E-state index contributed by atoms with van der Waals surface area (Å²) in [6.45, 7) is 0. The number of aryl methyl sites for hydroxylation is 2. The van der Waals surface area contributed by atoms with Gasteiger partial charge in [0, 0.05) is 5.38 Å². The van der Waals surface area contributed by atoms with Gasteiger partial charge in [-0.3, -0.25) is 0 Å². The molecule has 0 fully saturated rings. The third-order valence-electron chi connectivity index (χ3n) is 2.24. The summed E-state index contributed by atoms with van der Waals surface area (Å²) in [5.74, 6) is -0.823. The van der Waals surface area contributed by atoms with Crippen LogP contribution in [0.25, 0.3) is 0 Å². The van der Waals surface area contributed by atoms with Crippen LogP contribution >= 0.6 is 22.7 Å². The van der Waals surface area contributed by atoms with E-state index in [1.165, 1.54) is 16.9 Å². The van der Waals surface area contributed by atoms with Crippen LogP contribution < -0.4 is 0 Å². The minimum atomic E-state index is -0.823. The average Bonchev–Trinajstić information content (AvgIpc) is 2.86. The van der Waals surface area contributed by atoms with E-state index >= 15 is 0 Å². The van der Waals surface area contributed by atoms with Crippen molar-refractivity contribution in [2.75, 3.05) is 0 Å². The number of carboxylic acids is 1. The Balaban J connectivity index is 2.05. The van der Waals surface area contributed by atoms with Gasteiger partial charge in [-0.2, -0.15) is 22.7 Å². The summed E-state index contributed by atoms with van der Waals surface area (Å²) in [7, 11) is 0. The average molecular weight is 238 g/mol. The van der Waals surface area contributed by atoms with E-state index in [1.807, 2.05) is 10.8 Å². The van der Waals surface area contributed by atoms with Gasteiger partial charge >= 0.3 is 5.97 Å². The predicted molar refractivity (Wildman–Crippen MR) is 63.0 cm³/mol. The number of thiophene rings is 2. The SMILES string of the molecule is O=C(O)c1cscc1CCc1ccsc1. The number of hydrogen-bond donors (Lipinski definition) is 1. The Morgan fingerprint density at radius 2 is 2.07 bits per heavy atom. The van der Waals surface area contributed by atoms with Crippen molar-refractivity contribution < 1.29 is 9.90 Å². The van der Waals surface area contributed by atoms with Crippen molar-refractivity contribution in [3.63, 3.8) is 0 Å². The highest BCUT2D eigenvalue weighted by atomic mass is 32.1. The van der Waals surface area contributed by atoms with E-state index < -0.39 is 5.97 Å². The lowest BCUT2D eigenvalue weighted by Gasteiger charge is -1.98. The van der Waals surface area contributed by atoms with Crippen LogP contribution in [0.1, 0.15) is 21.5 Å². The van der Waals surface area contributed by atoms with E-state index in [1.54, 1.807) is 16.7 Å². The maximum Gasteiger partial charge on any atom is 0.336 e. The fourth-order valence-corrected chi connectivity index (χ4v) is 2.99. The molecule has 0 saturated heterocycles. The maximum atomic E-state index is 10.9. The number of carboxylic acid groups (broad SMARTS) is 1. The fraction of sp³-hybridized carbons (Fsp3) is 0.182. The Hall–Kier alpha value is -1.13. The number of hydrogen-bond acceptors (Lipinski definition) is 3. The third kappa shape index (κ3) is 2.46. The third-order valence-corrected chi connectivity index (χ3v) is 3.76. The minimum absolute atomic E-state index is 0.454. The van der Waals surface area contributed by atoms with Crippen LogP contribution in [0.15, 0.2) is 27.6 Å². The predicted octanol–water partition coefficient (Wildman–Crippen LogP) is 3.29. The van der Waals surface area contributed by atoms with Crippen LogP contribution in [0.4, 0.5) is 0 Å². The molecule has 0 aliphatic rings. The maximum absolute atomic E-state index is 10.9. The lowest BCUT2D eigenvalue weighted by Crippen LogP contribution is -1.99. The van der Waals surface area contributed by atoms with Crippen molar-refractivity contribution in [1.29, 1.82) is 0 Å². The molecule has 1 N–H and O–H groups in total. The molecule has 0 radical (unpaired) electrons. The first-order valence-electron chi connectivity index (χ1n) is 4.57. The molecule has 0 saturated carbocycles. The van der Waals surface area contributed by atoms with Gasteiger partial charge < -0.3 is 5.11 Å². The highest BCUT2D eigenvalue weighted by Gasteiger charge is 2.10. The fourth-order valence-electron chi connectivity index (χ4n) is 1.42. The summed E-state index contributed by atoms with van der Waals surface area (Å²) in [6, 6.07) is 2.08. The van der Waals surface area contributed by atoms with Gasteiger partial charge in [0.15, 0.2) is 0 Å². The summed E-state index contributed by atoms with van der Waals surface area (Å²) in [4.78, 5) is 10.9. The molecule has 78 valence electrons. The normalized spacial score (nSPS) is 10.4. The van der Waals surface area contributed by atoms with Gasteiger partial charge in [-0.05, 0) is 46.2 Å². The van der Waals surface area contributed by atoms with Crippen molar-refractivity contribution in [2.45, 2.75) is 12.8 Å². The zero-order valence-electron chi connectivity index (χ0n) is 7.97. The summed E-state index contributed by atoms with van der Waals surface area (Å²) in [5.41, 5.74) is 2.68. The van der Waals surface area contributed by atoms with Gasteiger partial charge in [0.2, 0.25) is 0 Å². The van der Waals surface area contributed by atoms with Gasteiger partial charge in [-0.15, -0.1) is 0 Å². The molecule has 2 aromatic heterocycles. The van der Waals surface area contributed by atoms with Crippen LogP contribution in [-0.2, 0) is 12.8 Å². The highest BCUT2D eigenvalue weighted by molar-refractivity contribution is 7.08. The van der Waals surface area contributed by atoms with Gasteiger partial charge in [0.1, 0.15) is 0 Å². The first-order chi connectivity index (χ1) is 7.27. The number of rotatable bonds is 4. The first kappa shape index (κ1) is 10.4. The Labute approximate surface area is 95.8 Å². The molecular formula is C11H10O2S2. The van der Waals surface area contributed by atoms with Crippen LogP contribution in [0, 0.1) is 0 Å². The van der Waals surface area contributed by atoms with E-state index in [0.29, 0.717) is 5.56 Å². The minimum Gasteiger partial charge on any atom is -0.478 e. The van der Waals surface area contributed by atoms with Gasteiger partial charge in [-0.1, -0.05) is 0 Å². The number of carbonyl (C=O) groups is 1. The van der Waals surface area contributed by atoms with E-state index in [4.69, 9.17) is 5.11 Å². The Bertz CT molecular complexity index is 443. The summed E-state index contributed by atoms with van der Waals surface area (Å²) in [6.07, 6.45) is 1.72. The van der Waals surface area contributed by atoms with Crippen LogP contribution in [0.5, 0.6) is 0 Å². The van der Waals surface area contributed by atoms with E-state index in [2.05, 4.69) is 11.4 Å². The van der Waals surface area contributed by atoms with Crippen molar-refractivity contribution in [1.82, 2.24) is 0 Å². The molecule has 0 spiro atoms. The second-order valence-electron chi connectivity index (χ2n) is 3.25. The smallest absolute Gasteiger partial charge is 0.336 e.